The molecule has 0 spiro atoms. The van der Waals surface area contributed by atoms with E-state index in [1.807, 2.05) is 43.3 Å². The Kier molecular flexibility index (Phi) is 5.82. The van der Waals surface area contributed by atoms with Gasteiger partial charge in [0.05, 0.1) is 0 Å². The fourth-order valence-corrected chi connectivity index (χ4v) is 3.41. The Hall–Kier alpha value is -2.20. The minimum Gasteiger partial charge on any atom is -0.381 e. The molecule has 25 heavy (non-hydrogen) atoms. The number of nitrogens with one attached hydrogen (secondary N) is 2. The highest BCUT2D eigenvalue weighted by atomic mass is 35.5. The standard InChI is InChI=1S/C20H24ClN3O/c1-2-22-20(25)15-8-10-16(11-9-15)23-14-17-18(21)6-5-7-19(17)24-12-3-4-13-24/h5-11,23H,2-4,12-14H2,1H3,(H,22,25). The van der Waals surface area contributed by atoms with Gasteiger partial charge >= 0.3 is 0 Å². The van der Waals surface area contributed by atoms with Gasteiger partial charge in [0.2, 0.25) is 0 Å². The van der Waals surface area contributed by atoms with E-state index < -0.39 is 0 Å². The van der Waals surface area contributed by atoms with Crippen molar-refractivity contribution in [2.24, 2.45) is 0 Å². The van der Waals surface area contributed by atoms with Crippen molar-refractivity contribution in [1.82, 2.24) is 5.32 Å². The SMILES string of the molecule is CCNC(=O)c1ccc(NCc2c(Cl)cccc2N2CCCC2)cc1. The maximum Gasteiger partial charge on any atom is 0.251 e. The van der Waals surface area contributed by atoms with Gasteiger partial charge < -0.3 is 15.5 Å². The van der Waals surface area contributed by atoms with E-state index in [-0.39, 0.29) is 5.91 Å². The quantitative estimate of drug-likeness (QED) is 0.810. The molecule has 2 aromatic carbocycles. The lowest BCUT2D eigenvalue weighted by molar-refractivity contribution is 0.0956. The molecule has 5 heteroatoms. The van der Waals surface area contributed by atoms with Gasteiger partial charge in [0.25, 0.3) is 5.91 Å². The van der Waals surface area contributed by atoms with Crippen LogP contribution in [0.3, 0.4) is 0 Å². The van der Waals surface area contributed by atoms with Crippen molar-refractivity contribution in [1.29, 1.82) is 0 Å². The zero-order valence-corrected chi connectivity index (χ0v) is 15.3. The zero-order chi connectivity index (χ0) is 17.6. The Bertz CT molecular complexity index is 724. The summed E-state index contributed by atoms with van der Waals surface area (Å²) in [5.74, 6) is -0.0449. The molecule has 0 bridgehead atoms. The maximum atomic E-state index is 11.8. The monoisotopic (exact) mass is 357 g/mol. The number of carbonyl (C=O) groups excluding carboxylic acids is 1. The predicted molar refractivity (Wildman–Crippen MR) is 105 cm³/mol. The van der Waals surface area contributed by atoms with Crippen molar-refractivity contribution in [2.75, 3.05) is 29.9 Å². The van der Waals surface area contributed by atoms with E-state index >= 15 is 0 Å². The summed E-state index contributed by atoms with van der Waals surface area (Å²) in [5, 5.41) is 7.01. The lowest BCUT2D eigenvalue weighted by Crippen LogP contribution is -2.22. The van der Waals surface area contributed by atoms with Crippen LogP contribution in [0, 0.1) is 0 Å². The molecule has 4 nitrogen and oxygen atoms in total. The highest BCUT2D eigenvalue weighted by molar-refractivity contribution is 6.31. The summed E-state index contributed by atoms with van der Waals surface area (Å²) in [4.78, 5) is 14.2. The smallest absolute Gasteiger partial charge is 0.251 e. The fraction of sp³-hybridized carbons (Fsp3) is 0.350. The van der Waals surface area contributed by atoms with Crippen LogP contribution in [-0.4, -0.2) is 25.5 Å². The van der Waals surface area contributed by atoms with E-state index in [4.69, 9.17) is 11.6 Å². The Labute approximate surface area is 154 Å². The van der Waals surface area contributed by atoms with Gasteiger partial charge in [-0.05, 0) is 56.2 Å². The molecule has 3 rings (SSSR count). The summed E-state index contributed by atoms with van der Waals surface area (Å²) in [6.45, 7) is 5.38. The van der Waals surface area contributed by atoms with E-state index in [0.717, 1.165) is 29.4 Å². The van der Waals surface area contributed by atoms with Crippen molar-refractivity contribution in [3.05, 3.63) is 58.6 Å². The lowest BCUT2D eigenvalue weighted by atomic mass is 10.1. The second-order valence-electron chi connectivity index (χ2n) is 6.22. The first kappa shape index (κ1) is 17.6. The molecule has 2 N–H and O–H groups in total. The van der Waals surface area contributed by atoms with Gasteiger partial charge in [-0.15, -0.1) is 0 Å². The first-order chi connectivity index (χ1) is 12.2. The number of amides is 1. The molecule has 0 saturated carbocycles. The summed E-state index contributed by atoms with van der Waals surface area (Å²) >= 11 is 6.46. The van der Waals surface area contributed by atoms with Crippen LogP contribution in [0.4, 0.5) is 11.4 Å². The molecule has 132 valence electrons. The van der Waals surface area contributed by atoms with Gasteiger partial charge in [0, 0.05) is 53.7 Å². The molecular formula is C20H24ClN3O. The number of hydrogen-bond donors (Lipinski definition) is 2. The van der Waals surface area contributed by atoms with Gasteiger partial charge in [-0.1, -0.05) is 17.7 Å². The second-order valence-corrected chi connectivity index (χ2v) is 6.63. The van der Waals surface area contributed by atoms with Crippen molar-refractivity contribution < 1.29 is 4.79 Å². The molecule has 2 aromatic rings. The predicted octanol–water partition coefficient (Wildman–Crippen LogP) is 4.30. The molecule has 1 aliphatic heterocycles. The molecule has 0 unspecified atom stereocenters. The molecule has 0 aromatic heterocycles. The van der Waals surface area contributed by atoms with Crippen LogP contribution in [0.2, 0.25) is 5.02 Å². The van der Waals surface area contributed by atoms with Crippen molar-refractivity contribution in [3.63, 3.8) is 0 Å². The van der Waals surface area contributed by atoms with Gasteiger partial charge in [0.15, 0.2) is 0 Å². The normalized spacial score (nSPS) is 13.8. The summed E-state index contributed by atoms with van der Waals surface area (Å²) < 4.78 is 0. The molecule has 0 atom stereocenters. The average Bonchev–Trinajstić information content (AvgIpc) is 3.15. The Balaban J connectivity index is 1.70. The molecule has 1 aliphatic rings. The van der Waals surface area contributed by atoms with Crippen LogP contribution < -0.4 is 15.5 Å². The number of halogens is 1. The maximum absolute atomic E-state index is 11.8. The van der Waals surface area contributed by atoms with Crippen molar-refractivity contribution in [2.45, 2.75) is 26.3 Å². The third-order valence-electron chi connectivity index (χ3n) is 4.49. The Morgan fingerprint density at radius 2 is 1.84 bits per heavy atom. The third kappa shape index (κ3) is 4.26. The van der Waals surface area contributed by atoms with Crippen LogP contribution in [0.5, 0.6) is 0 Å². The number of rotatable bonds is 6. The Morgan fingerprint density at radius 3 is 2.52 bits per heavy atom. The molecule has 0 radical (unpaired) electrons. The topological polar surface area (TPSA) is 44.4 Å². The first-order valence-corrected chi connectivity index (χ1v) is 9.21. The Morgan fingerprint density at radius 1 is 1.12 bits per heavy atom. The highest BCUT2D eigenvalue weighted by Gasteiger charge is 2.17. The third-order valence-corrected chi connectivity index (χ3v) is 4.85. The summed E-state index contributed by atoms with van der Waals surface area (Å²) in [5.41, 5.74) is 3.98. The van der Waals surface area contributed by atoms with E-state index in [1.54, 1.807) is 0 Å². The van der Waals surface area contributed by atoms with Crippen LogP contribution in [0.25, 0.3) is 0 Å². The molecule has 1 amide bonds. The highest BCUT2D eigenvalue weighted by Crippen LogP contribution is 2.30. The van der Waals surface area contributed by atoms with Crippen molar-refractivity contribution in [3.8, 4) is 0 Å². The fourth-order valence-electron chi connectivity index (χ4n) is 3.17. The van der Waals surface area contributed by atoms with E-state index in [2.05, 4.69) is 21.6 Å². The summed E-state index contributed by atoms with van der Waals surface area (Å²) in [7, 11) is 0. The number of hydrogen-bond acceptors (Lipinski definition) is 3. The molecule has 1 heterocycles. The molecule has 0 aliphatic carbocycles. The summed E-state index contributed by atoms with van der Waals surface area (Å²) in [6.07, 6.45) is 2.47. The lowest BCUT2D eigenvalue weighted by Gasteiger charge is -2.22. The van der Waals surface area contributed by atoms with Gasteiger partial charge in [-0.2, -0.15) is 0 Å². The number of anilines is 2. The van der Waals surface area contributed by atoms with E-state index in [1.165, 1.54) is 18.5 Å². The zero-order valence-electron chi connectivity index (χ0n) is 14.5. The van der Waals surface area contributed by atoms with Crippen molar-refractivity contribution >= 4 is 28.9 Å². The number of carbonyl (C=O) groups is 1. The molecule has 1 saturated heterocycles. The minimum atomic E-state index is -0.0449. The van der Waals surface area contributed by atoms with Gasteiger partial charge in [0.1, 0.15) is 0 Å². The minimum absolute atomic E-state index is 0.0449. The second kappa shape index (κ2) is 8.26. The van der Waals surface area contributed by atoms with Crippen LogP contribution >= 0.6 is 11.6 Å². The largest absolute Gasteiger partial charge is 0.381 e. The van der Waals surface area contributed by atoms with Gasteiger partial charge in [-0.3, -0.25) is 4.79 Å². The molecular weight excluding hydrogens is 334 g/mol. The number of benzene rings is 2. The van der Waals surface area contributed by atoms with E-state index in [0.29, 0.717) is 18.7 Å². The van der Waals surface area contributed by atoms with Crippen LogP contribution in [0.15, 0.2) is 42.5 Å². The van der Waals surface area contributed by atoms with Crippen LogP contribution in [-0.2, 0) is 6.54 Å². The van der Waals surface area contributed by atoms with Gasteiger partial charge in [-0.25, -0.2) is 0 Å². The summed E-state index contributed by atoms with van der Waals surface area (Å²) in [6, 6.07) is 13.6. The first-order valence-electron chi connectivity index (χ1n) is 8.83. The van der Waals surface area contributed by atoms with Crippen LogP contribution in [0.1, 0.15) is 35.7 Å². The molecule has 1 fully saturated rings. The average molecular weight is 358 g/mol. The van der Waals surface area contributed by atoms with E-state index in [9.17, 15) is 4.79 Å². The number of nitrogens with zero attached hydrogens (tertiary/aromatic N) is 1.